The van der Waals surface area contributed by atoms with Crippen LogP contribution in [0.5, 0.6) is 0 Å². The Morgan fingerprint density at radius 1 is 1.32 bits per heavy atom. The van der Waals surface area contributed by atoms with Gasteiger partial charge in [0.25, 0.3) is 0 Å². The van der Waals surface area contributed by atoms with Gasteiger partial charge >= 0.3 is 0 Å². The summed E-state index contributed by atoms with van der Waals surface area (Å²) in [4.78, 5) is 26.6. The Morgan fingerprint density at radius 2 is 2.08 bits per heavy atom. The SMILES string of the molecule is Cn1cc(NC(=O)C2CCCN(C(=O)Cc3ccc(F)cc3)C2)cn1. The molecule has 1 aromatic heterocycles. The summed E-state index contributed by atoms with van der Waals surface area (Å²) in [5, 5.41) is 6.87. The molecular weight excluding hydrogens is 323 g/mol. The van der Waals surface area contributed by atoms with E-state index in [0.717, 1.165) is 18.4 Å². The van der Waals surface area contributed by atoms with Crippen molar-refractivity contribution in [1.29, 1.82) is 0 Å². The van der Waals surface area contributed by atoms with Gasteiger partial charge in [-0.1, -0.05) is 12.1 Å². The van der Waals surface area contributed by atoms with Crippen LogP contribution >= 0.6 is 0 Å². The van der Waals surface area contributed by atoms with Gasteiger partial charge in [0.05, 0.1) is 24.2 Å². The average Bonchev–Trinajstić information content (AvgIpc) is 3.02. The number of amides is 2. The van der Waals surface area contributed by atoms with Gasteiger partial charge < -0.3 is 10.2 Å². The molecule has 132 valence electrons. The molecule has 3 rings (SSSR count). The van der Waals surface area contributed by atoms with E-state index >= 15 is 0 Å². The highest BCUT2D eigenvalue weighted by molar-refractivity contribution is 5.93. The lowest BCUT2D eigenvalue weighted by Gasteiger charge is -2.32. The molecule has 1 N–H and O–H groups in total. The zero-order valence-corrected chi connectivity index (χ0v) is 14.1. The van der Waals surface area contributed by atoms with Gasteiger partial charge in [0.15, 0.2) is 0 Å². The molecule has 6 nitrogen and oxygen atoms in total. The quantitative estimate of drug-likeness (QED) is 0.922. The third kappa shape index (κ3) is 4.43. The molecule has 1 aliphatic rings. The number of nitrogens with zero attached hydrogens (tertiary/aromatic N) is 3. The van der Waals surface area contributed by atoms with Crippen LogP contribution in [0.3, 0.4) is 0 Å². The average molecular weight is 344 g/mol. The number of hydrogen-bond donors (Lipinski definition) is 1. The number of piperidine rings is 1. The zero-order chi connectivity index (χ0) is 17.8. The Balaban J connectivity index is 1.57. The molecule has 0 aliphatic carbocycles. The lowest BCUT2D eigenvalue weighted by atomic mass is 9.96. The lowest BCUT2D eigenvalue weighted by Crippen LogP contribution is -2.44. The van der Waals surface area contributed by atoms with E-state index < -0.39 is 0 Å². The number of carbonyl (C=O) groups excluding carboxylic acids is 2. The topological polar surface area (TPSA) is 67.2 Å². The molecule has 2 heterocycles. The van der Waals surface area contributed by atoms with E-state index in [-0.39, 0.29) is 30.0 Å². The van der Waals surface area contributed by atoms with Crippen LogP contribution in [0.2, 0.25) is 0 Å². The predicted octanol–water partition coefficient (Wildman–Crippen LogP) is 1.98. The van der Waals surface area contributed by atoms with E-state index in [4.69, 9.17) is 0 Å². The summed E-state index contributed by atoms with van der Waals surface area (Å²) in [6, 6.07) is 5.93. The fourth-order valence-corrected chi connectivity index (χ4v) is 3.04. The summed E-state index contributed by atoms with van der Waals surface area (Å²) in [6.07, 6.45) is 5.10. The highest BCUT2D eigenvalue weighted by atomic mass is 19.1. The van der Waals surface area contributed by atoms with E-state index in [1.807, 2.05) is 0 Å². The third-order valence-corrected chi connectivity index (χ3v) is 4.39. The maximum atomic E-state index is 13.0. The molecular formula is C18H21FN4O2. The summed E-state index contributed by atoms with van der Waals surface area (Å²) in [6.45, 7) is 1.06. The molecule has 0 bridgehead atoms. The Morgan fingerprint density at radius 3 is 2.76 bits per heavy atom. The Labute approximate surface area is 145 Å². The van der Waals surface area contributed by atoms with Gasteiger partial charge in [0.2, 0.25) is 11.8 Å². The lowest BCUT2D eigenvalue weighted by molar-refractivity contribution is -0.133. The Hall–Kier alpha value is -2.70. The number of nitrogens with one attached hydrogen (secondary N) is 1. The van der Waals surface area contributed by atoms with Crippen LogP contribution in [0.1, 0.15) is 18.4 Å². The summed E-state index contributed by atoms with van der Waals surface area (Å²) in [7, 11) is 1.78. The van der Waals surface area contributed by atoms with Crippen LogP contribution in [0.4, 0.5) is 10.1 Å². The minimum atomic E-state index is -0.318. The molecule has 0 radical (unpaired) electrons. The zero-order valence-electron chi connectivity index (χ0n) is 14.1. The molecule has 2 amide bonds. The van der Waals surface area contributed by atoms with Crippen molar-refractivity contribution < 1.29 is 14.0 Å². The minimum absolute atomic E-state index is 0.0366. The highest BCUT2D eigenvalue weighted by Gasteiger charge is 2.28. The fourth-order valence-electron chi connectivity index (χ4n) is 3.04. The Kier molecular flexibility index (Phi) is 5.11. The second kappa shape index (κ2) is 7.46. The number of halogens is 1. The number of carbonyl (C=O) groups is 2. The molecule has 1 aromatic carbocycles. The first-order valence-electron chi connectivity index (χ1n) is 8.33. The summed E-state index contributed by atoms with van der Waals surface area (Å²) >= 11 is 0. The van der Waals surface area contributed by atoms with Gasteiger partial charge in [-0.25, -0.2) is 4.39 Å². The number of benzene rings is 1. The van der Waals surface area contributed by atoms with Crippen molar-refractivity contribution >= 4 is 17.5 Å². The number of anilines is 1. The van der Waals surface area contributed by atoms with Crippen molar-refractivity contribution in [2.24, 2.45) is 13.0 Å². The molecule has 2 aromatic rings. The van der Waals surface area contributed by atoms with Crippen molar-refractivity contribution in [2.75, 3.05) is 18.4 Å². The summed E-state index contributed by atoms with van der Waals surface area (Å²) < 4.78 is 14.6. The third-order valence-electron chi connectivity index (χ3n) is 4.39. The van der Waals surface area contributed by atoms with Crippen molar-refractivity contribution in [3.05, 3.63) is 48.0 Å². The van der Waals surface area contributed by atoms with E-state index in [1.165, 1.54) is 12.1 Å². The molecule has 0 spiro atoms. The molecule has 1 unspecified atom stereocenters. The fraction of sp³-hybridized carbons (Fsp3) is 0.389. The summed E-state index contributed by atoms with van der Waals surface area (Å²) in [5.74, 6) is -0.676. The van der Waals surface area contributed by atoms with Crippen molar-refractivity contribution in [1.82, 2.24) is 14.7 Å². The molecule has 25 heavy (non-hydrogen) atoms. The van der Waals surface area contributed by atoms with Gasteiger partial charge in [0, 0.05) is 26.3 Å². The molecule has 1 aliphatic heterocycles. The largest absolute Gasteiger partial charge is 0.342 e. The van der Waals surface area contributed by atoms with Crippen LogP contribution in [-0.4, -0.2) is 39.6 Å². The number of rotatable bonds is 4. The minimum Gasteiger partial charge on any atom is -0.342 e. The molecule has 1 atom stereocenters. The molecule has 1 fully saturated rings. The van der Waals surface area contributed by atoms with Crippen LogP contribution in [-0.2, 0) is 23.1 Å². The van der Waals surface area contributed by atoms with Crippen molar-refractivity contribution in [3.63, 3.8) is 0 Å². The first-order valence-corrected chi connectivity index (χ1v) is 8.33. The van der Waals surface area contributed by atoms with E-state index in [9.17, 15) is 14.0 Å². The second-order valence-corrected chi connectivity index (χ2v) is 6.37. The first kappa shape index (κ1) is 17.1. The predicted molar refractivity (Wildman–Crippen MR) is 91.2 cm³/mol. The van der Waals surface area contributed by atoms with Gasteiger partial charge in [-0.3, -0.25) is 14.3 Å². The van der Waals surface area contributed by atoms with E-state index in [2.05, 4.69) is 10.4 Å². The monoisotopic (exact) mass is 344 g/mol. The number of likely N-dealkylation sites (tertiary alicyclic amines) is 1. The second-order valence-electron chi connectivity index (χ2n) is 6.37. The van der Waals surface area contributed by atoms with E-state index in [0.29, 0.717) is 18.8 Å². The van der Waals surface area contributed by atoms with Crippen LogP contribution in [0.25, 0.3) is 0 Å². The van der Waals surface area contributed by atoms with E-state index in [1.54, 1.807) is 41.2 Å². The van der Waals surface area contributed by atoms with Crippen molar-refractivity contribution in [3.8, 4) is 0 Å². The number of aryl methyl sites for hydroxylation is 1. The van der Waals surface area contributed by atoms with Gasteiger partial charge in [-0.15, -0.1) is 0 Å². The normalized spacial score (nSPS) is 17.4. The summed E-state index contributed by atoms with van der Waals surface area (Å²) in [5.41, 5.74) is 1.43. The van der Waals surface area contributed by atoms with Gasteiger partial charge in [-0.2, -0.15) is 5.10 Å². The Bertz CT molecular complexity index is 757. The molecule has 1 saturated heterocycles. The van der Waals surface area contributed by atoms with Crippen LogP contribution in [0, 0.1) is 11.7 Å². The molecule has 0 saturated carbocycles. The maximum absolute atomic E-state index is 13.0. The number of aromatic nitrogens is 2. The standard InChI is InChI=1S/C18H21FN4O2/c1-22-12-16(10-20-22)21-18(25)14-3-2-8-23(11-14)17(24)9-13-4-6-15(19)7-5-13/h4-7,10,12,14H,2-3,8-9,11H2,1H3,(H,21,25). The number of hydrogen-bond acceptors (Lipinski definition) is 3. The molecule has 7 heteroatoms. The first-order chi connectivity index (χ1) is 12.0. The highest BCUT2D eigenvalue weighted by Crippen LogP contribution is 2.19. The van der Waals surface area contributed by atoms with Crippen LogP contribution < -0.4 is 5.32 Å². The maximum Gasteiger partial charge on any atom is 0.229 e. The van der Waals surface area contributed by atoms with Crippen LogP contribution in [0.15, 0.2) is 36.7 Å². The smallest absolute Gasteiger partial charge is 0.229 e. The van der Waals surface area contributed by atoms with Gasteiger partial charge in [0.1, 0.15) is 5.82 Å². The van der Waals surface area contributed by atoms with Crippen molar-refractivity contribution in [2.45, 2.75) is 19.3 Å². The van der Waals surface area contributed by atoms with Gasteiger partial charge in [-0.05, 0) is 30.5 Å².